The van der Waals surface area contributed by atoms with Crippen LogP contribution >= 0.6 is 23.2 Å². The highest BCUT2D eigenvalue weighted by atomic mass is 35.5. The summed E-state index contributed by atoms with van der Waals surface area (Å²) in [6, 6.07) is 7.35. The number of rotatable bonds is 7. The Balaban J connectivity index is 1.62. The van der Waals surface area contributed by atoms with Gasteiger partial charge in [0.15, 0.2) is 0 Å². The van der Waals surface area contributed by atoms with Gasteiger partial charge in [0, 0.05) is 35.5 Å². The van der Waals surface area contributed by atoms with Crippen molar-refractivity contribution in [1.29, 1.82) is 0 Å². The van der Waals surface area contributed by atoms with Crippen molar-refractivity contribution >= 4 is 29.2 Å². The van der Waals surface area contributed by atoms with Crippen molar-refractivity contribution in [3.63, 3.8) is 0 Å². The van der Waals surface area contributed by atoms with Gasteiger partial charge in [-0.2, -0.15) is 0 Å². The van der Waals surface area contributed by atoms with Gasteiger partial charge in [0.1, 0.15) is 0 Å². The summed E-state index contributed by atoms with van der Waals surface area (Å²) in [7, 11) is 0. The van der Waals surface area contributed by atoms with Crippen molar-refractivity contribution < 1.29 is 0 Å². The number of nitrogens with one attached hydrogen (secondary N) is 2. The van der Waals surface area contributed by atoms with Crippen molar-refractivity contribution in [2.75, 3.05) is 18.4 Å². The molecule has 0 radical (unpaired) electrons. The molecule has 0 aliphatic carbocycles. The van der Waals surface area contributed by atoms with E-state index in [1.165, 1.54) is 0 Å². The molecule has 0 bridgehead atoms. The molecule has 20 heavy (non-hydrogen) atoms. The van der Waals surface area contributed by atoms with Gasteiger partial charge in [-0.3, -0.25) is 0 Å². The SMILES string of the molecule is Clc1cc(Cl)cc(CNCCCNc2ncccn2)c1. The van der Waals surface area contributed by atoms with Crippen LogP contribution in [-0.2, 0) is 6.54 Å². The predicted molar refractivity (Wildman–Crippen MR) is 83.3 cm³/mol. The molecule has 2 aromatic rings. The van der Waals surface area contributed by atoms with E-state index in [4.69, 9.17) is 23.2 Å². The van der Waals surface area contributed by atoms with Crippen LogP contribution in [0.25, 0.3) is 0 Å². The molecule has 0 saturated carbocycles. The highest BCUT2D eigenvalue weighted by molar-refractivity contribution is 6.34. The summed E-state index contributed by atoms with van der Waals surface area (Å²) < 4.78 is 0. The number of hydrogen-bond acceptors (Lipinski definition) is 4. The first kappa shape index (κ1) is 15.0. The summed E-state index contributed by atoms with van der Waals surface area (Å²) in [4.78, 5) is 8.18. The molecule has 4 nitrogen and oxygen atoms in total. The summed E-state index contributed by atoms with van der Waals surface area (Å²) >= 11 is 11.9. The molecule has 0 amide bonds. The second kappa shape index (κ2) is 8.04. The van der Waals surface area contributed by atoms with Crippen molar-refractivity contribution in [3.05, 3.63) is 52.3 Å². The zero-order valence-corrected chi connectivity index (χ0v) is 12.5. The molecule has 6 heteroatoms. The van der Waals surface area contributed by atoms with Crippen molar-refractivity contribution in [2.24, 2.45) is 0 Å². The van der Waals surface area contributed by atoms with Gasteiger partial charge >= 0.3 is 0 Å². The van der Waals surface area contributed by atoms with Crippen LogP contribution in [0.15, 0.2) is 36.7 Å². The van der Waals surface area contributed by atoms with E-state index in [1.54, 1.807) is 24.5 Å². The Kier molecular flexibility index (Phi) is 6.05. The van der Waals surface area contributed by atoms with E-state index in [0.29, 0.717) is 16.0 Å². The Hall–Kier alpha value is -1.36. The minimum Gasteiger partial charge on any atom is -0.354 e. The number of anilines is 1. The van der Waals surface area contributed by atoms with Gasteiger partial charge in [-0.15, -0.1) is 0 Å². The van der Waals surface area contributed by atoms with Crippen LogP contribution in [-0.4, -0.2) is 23.1 Å². The maximum Gasteiger partial charge on any atom is 0.222 e. The van der Waals surface area contributed by atoms with Crippen LogP contribution in [0.5, 0.6) is 0 Å². The molecule has 1 aromatic heterocycles. The normalized spacial score (nSPS) is 10.5. The molecule has 2 rings (SSSR count). The van der Waals surface area contributed by atoms with Gasteiger partial charge in [0.2, 0.25) is 5.95 Å². The minimum atomic E-state index is 0.661. The van der Waals surface area contributed by atoms with E-state index >= 15 is 0 Å². The molecule has 0 spiro atoms. The van der Waals surface area contributed by atoms with Crippen LogP contribution in [0.2, 0.25) is 10.0 Å². The Labute approximate surface area is 128 Å². The third kappa shape index (κ3) is 5.33. The van der Waals surface area contributed by atoms with E-state index in [9.17, 15) is 0 Å². The number of aromatic nitrogens is 2. The number of benzene rings is 1. The Morgan fingerprint density at radius 1 is 0.950 bits per heavy atom. The Morgan fingerprint density at radius 2 is 1.65 bits per heavy atom. The van der Waals surface area contributed by atoms with Gasteiger partial charge in [-0.25, -0.2) is 9.97 Å². The van der Waals surface area contributed by atoms with E-state index in [-0.39, 0.29) is 0 Å². The summed E-state index contributed by atoms with van der Waals surface area (Å²) in [5, 5.41) is 7.83. The standard InChI is InChI=1S/C14H16Cl2N4/c15-12-7-11(8-13(16)9-12)10-17-3-1-4-18-14-19-5-2-6-20-14/h2,5-9,17H,1,3-4,10H2,(H,18,19,20). The Bertz CT molecular complexity index is 514. The zero-order valence-electron chi connectivity index (χ0n) is 10.9. The lowest BCUT2D eigenvalue weighted by Crippen LogP contribution is -2.18. The van der Waals surface area contributed by atoms with Gasteiger partial charge in [-0.1, -0.05) is 23.2 Å². The van der Waals surface area contributed by atoms with Gasteiger partial charge < -0.3 is 10.6 Å². The van der Waals surface area contributed by atoms with E-state index in [2.05, 4.69) is 20.6 Å². The molecule has 0 aliphatic rings. The van der Waals surface area contributed by atoms with Crippen LogP contribution < -0.4 is 10.6 Å². The Morgan fingerprint density at radius 3 is 2.35 bits per heavy atom. The molecule has 0 unspecified atom stereocenters. The molecule has 0 atom stereocenters. The number of hydrogen-bond donors (Lipinski definition) is 2. The molecule has 0 fully saturated rings. The third-order valence-corrected chi connectivity index (χ3v) is 3.07. The minimum absolute atomic E-state index is 0.661. The van der Waals surface area contributed by atoms with E-state index < -0.39 is 0 Å². The smallest absolute Gasteiger partial charge is 0.222 e. The van der Waals surface area contributed by atoms with Crippen LogP contribution in [0.3, 0.4) is 0 Å². The first-order chi connectivity index (χ1) is 9.74. The molecule has 2 N–H and O–H groups in total. The molecule has 1 aromatic carbocycles. The lowest BCUT2D eigenvalue weighted by Gasteiger charge is -2.07. The fraction of sp³-hybridized carbons (Fsp3) is 0.286. The molecule has 0 saturated heterocycles. The second-order valence-electron chi connectivity index (χ2n) is 4.31. The summed E-state index contributed by atoms with van der Waals surface area (Å²) in [5.74, 6) is 0.661. The number of nitrogens with zero attached hydrogens (tertiary/aromatic N) is 2. The maximum atomic E-state index is 5.94. The fourth-order valence-corrected chi connectivity index (χ4v) is 2.32. The molecule has 0 aliphatic heterocycles. The lowest BCUT2D eigenvalue weighted by molar-refractivity contribution is 0.662. The van der Waals surface area contributed by atoms with Crippen molar-refractivity contribution in [1.82, 2.24) is 15.3 Å². The first-order valence-corrected chi connectivity index (χ1v) is 7.16. The molecular weight excluding hydrogens is 295 g/mol. The lowest BCUT2D eigenvalue weighted by atomic mass is 10.2. The topological polar surface area (TPSA) is 49.8 Å². The van der Waals surface area contributed by atoms with E-state index in [0.717, 1.165) is 31.6 Å². The van der Waals surface area contributed by atoms with Gasteiger partial charge in [-0.05, 0) is 42.8 Å². The van der Waals surface area contributed by atoms with Gasteiger partial charge in [0.05, 0.1) is 0 Å². The van der Waals surface area contributed by atoms with Crippen LogP contribution in [0.1, 0.15) is 12.0 Å². The number of halogens is 2. The first-order valence-electron chi connectivity index (χ1n) is 6.40. The predicted octanol–water partition coefficient (Wildman–Crippen LogP) is 3.38. The third-order valence-electron chi connectivity index (χ3n) is 2.63. The molecular formula is C14H16Cl2N4. The monoisotopic (exact) mass is 310 g/mol. The summed E-state index contributed by atoms with van der Waals surface area (Å²) in [6.45, 7) is 2.47. The van der Waals surface area contributed by atoms with Crippen LogP contribution in [0, 0.1) is 0 Å². The average Bonchev–Trinajstić information content (AvgIpc) is 2.43. The average molecular weight is 311 g/mol. The molecule has 106 valence electrons. The highest BCUT2D eigenvalue weighted by Crippen LogP contribution is 2.18. The summed E-state index contributed by atoms with van der Waals surface area (Å²) in [6.07, 6.45) is 4.42. The highest BCUT2D eigenvalue weighted by Gasteiger charge is 1.98. The van der Waals surface area contributed by atoms with Gasteiger partial charge in [0.25, 0.3) is 0 Å². The largest absolute Gasteiger partial charge is 0.354 e. The second-order valence-corrected chi connectivity index (χ2v) is 5.18. The summed E-state index contributed by atoms with van der Waals surface area (Å²) in [5.41, 5.74) is 1.09. The maximum absolute atomic E-state index is 5.94. The zero-order chi connectivity index (χ0) is 14.2. The van der Waals surface area contributed by atoms with E-state index in [1.807, 2.05) is 12.1 Å². The van der Waals surface area contributed by atoms with Crippen molar-refractivity contribution in [2.45, 2.75) is 13.0 Å². The quantitative estimate of drug-likeness (QED) is 0.770. The fourth-order valence-electron chi connectivity index (χ4n) is 1.75. The van der Waals surface area contributed by atoms with Crippen LogP contribution in [0.4, 0.5) is 5.95 Å². The van der Waals surface area contributed by atoms with Crippen molar-refractivity contribution in [3.8, 4) is 0 Å². The molecule has 1 heterocycles.